The van der Waals surface area contributed by atoms with Crippen LogP contribution < -0.4 is 10.6 Å². The quantitative estimate of drug-likeness (QED) is 0.852. The average Bonchev–Trinajstić information content (AvgIpc) is 2.26. The summed E-state index contributed by atoms with van der Waals surface area (Å²) in [4.78, 5) is 15.6. The number of pyridine rings is 1. The lowest BCUT2D eigenvalue weighted by Gasteiger charge is -2.39. The predicted octanol–water partition coefficient (Wildman–Crippen LogP) is 1.54. The fourth-order valence-electron chi connectivity index (χ4n) is 2.46. The summed E-state index contributed by atoms with van der Waals surface area (Å²) in [7, 11) is 0. The minimum absolute atomic E-state index is 0.151. The van der Waals surface area contributed by atoms with Crippen molar-refractivity contribution in [1.82, 2.24) is 15.6 Å². The lowest BCUT2D eigenvalue weighted by atomic mass is 9.87. The van der Waals surface area contributed by atoms with Crippen molar-refractivity contribution >= 4 is 5.91 Å². The Bertz CT molecular complexity index is 442. The van der Waals surface area contributed by atoms with Crippen molar-refractivity contribution in [3.05, 3.63) is 29.6 Å². The zero-order valence-corrected chi connectivity index (χ0v) is 11.3. The number of carbonyl (C=O) groups is 1. The second-order valence-corrected chi connectivity index (χ2v) is 5.55. The SMILES string of the molecule is Cc1cc(CNC2CCC(=O)NC2(C)C)ccn1. The van der Waals surface area contributed by atoms with E-state index in [0.29, 0.717) is 12.5 Å². The highest BCUT2D eigenvalue weighted by Crippen LogP contribution is 2.20. The van der Waals surface area contributed by atoms with Crippen molar-refractivity contribution < 1.29 is 4.79 Å². The number of piperidine rings is 1. The third-order valence-electron chi connectivity index (χ3n) is 3.51. The molecule has 0 saturated carbocycles. The van der Waals surface area contributed by atoms with E-state index < -0.39 is 0 Å². The number of hydrogen-bond acceptors (Lipinski definition) is 3. The monoisotopic (exact) mass is 247 g/mol. The zero-order valence-electron chi connectivity index (χ0n) is 11.3. The molecular formula is C14H21N3O. The average molecular weight is 247 g/mol. The predicted molar refractivity (Wildman–Crippen MR) is 71.1 cm³/mol. The standard InChI is InChI=1S/C14H21N3O/c1-10-8-11(6-7-15-10)9-16-12-4-5-13(18)17-14(12,2)3/h6-8,12,16H,4-5,9H2,1-3H3,(H,17,18). The van der Waals surface area contributed by atoms with Gasteiger partial charge in [0.05, 0.1) is 0 Å². The first-order valence-corrected chi connectivity index (χ1v) is 6.43. The number of aryl methyl sites for hydroxylation is 1. The maximum Gasteiger partial charge on any atom is 0.220 e. The van der Waals surface area contributed by atoms with E-state index in [1.807, 2.05) is 19.2 Å². The molecule has 18 heavy (non-hydrogen) atoms. The molecule has 0 bridgehead atoms. The first-order chi connectivity index (χ1) is 8.47. The summed E-state index contributed by atoms with van der Waals surface area (Å²) in [5.41, 5.74) is 2.08. The Labute approximate surface area is 108 Å². The highest BCUT2D eigenvalue weighted by Gasteiger charge is 2.34. The van der Waals surface area contributed by atoms with Gasteiger partial charge in [-0.05, 0) is 44.9 Å². The Balaban J connectivity index is 1.96. The van der Waals surface area contributed by atoms with Crippen LogP contribution in [0.25, 0.3) is 0 Å². The number of nitrogens with one attached hydrogen (secondary N) is 2. The molecule has 0 aromatic carbocycles. The van der Waals surface area contributed by atoms with Crippen LogP contribution in [0, 0.1) is 6.92 Å². The van der Waals surface area contributed by atoms with E-state index >= 15 is 0 Å². The summed E-state index contributed by atoms with van der Waals surface area (Å²) in [5.74, 6) is 0.151. The molecule has 2 N–H and O–H groups in total. The molecule has 1 aromatic heterocycles. The third-order valence-corrected chi connectivity index (χ3v) is 3.51. The van der Waals surface area contributed by atoms with E-state index in [2.05, 4.69) is 35.5 Å². The van der Waals surface area contributed by atoms with Gasteiger partial charge in [-0.25, -0.2) is 0 Å². The van der Waals surface area contributed by atoms with E-state index in [9.17, 15) is 4.79 Å². The fraction of sp³-hybridized carbons (Fsp3) is 0.571. The van der Waals surface area contributed by atoms with Gasteiger partial charge in [-0.15, -0.1) is 0 Å². The molecule has 0 radical (unpaired) electrons. The summed E-state index contributed by atoms with van der Waals surface area (Å²) < 4.78 is 0. The van der Waals surface area contributed by atoms with Gasteiger partial charge in [0.2, 0.25) is 5.91 Å². The second-order valence-electron chi connectivity index (χ2n) is 5.55. The number of nitrogens with zero attached hydrogens (tertiary/aromatic N) is 1. The van der Waals surface area contributed by atoms with E-state index in [0.717, 1.165) is 18.7 Å². The van der Waals surface area contributed by atoms with Crippen LogP contribution in [0.4, 0.5) is 0 Å². The molecule has 2 rings (SSSR count). The van der Waals surface area contributed by atoms with Gasteiger partial charge in [-0.3, -0.25) is 9.78 Å². The third kappa shape index (κ3) is 3.07. The highest BCUT2D eigenvalue weighted by molar-refractivity contribution is 5.77. The Hall–Kier alpha value is -1.42. The van der Waals surface area contributed by atoms with Crippen LogP contribution in [0.3, 0.4) is 0 Å². The zero-order chi connectivity index (χ0) is 13.2. The van der Waals surface area contributed by atoms with Crippen molar-refractivity contribution in [3.63, 3.8) is 0 Å². The van der Waals surface area contributed by atoms with Crippen LogP contribution in [-0.2, 0) is 11.3 Å². The van der Waals surface area contributed by atoms with Crippen molar-refractivity contribution in [2.45, 2.75) is 51.7 Å². The van der Waals surface area contributed by atoms with Gasteiger partial charge < -0.3 is 10.6 Å². The number of aromatic nitrogens is 1. The molecule has 1 unspecified atom stereocenters. The van der Waals surface area contributed by atoms with Gasteiger partial charge in [0, 0.05) is 36.4 Å². The number of rotatable bonds is 3. The van der Waals surface area contributed by atoms with Crippen LogP contribution in [0.5, 0.6) is 0 Å². The van der Waals surface area contributed by atoms with Gasteiger partial charge in [0.15, 0.2) is 0 Å². The van der Waals surface area contributed by atoms with Crippen LogP contribution in [0.1, 0.15) is 37.9 Å². The molecule has 1 atom stereocenters. The maximum absolute atomic E-state index is 11.4. The Morgan fingerprint density at radius 2 is 2.33 bits per heavy atom. The molecule has 0 spiro atoms. The minimum atomic E-state index is -0.183. The van der Waals surface area contributed by atoms with E-state index in [1.54, 1.807) is 0 Å². The molecule has 4 nitrogen and oxygen atoms in total. The summed E-state index contributed by atoms with van der Waals surface area (Å²) in [5, 5.41) is 6.57. The topological polar surface area (TPSA) is 54.0 Å². The van der Waals surface area contributed by atoms with Crippen molar-refractivity contribution in [1.29, 1.82) is 0 Å². The van der Waals surface area contributed by atoms with Crippen molar-refractivity contribution in [3.8, 4) is 0 Å². The molecule has 2 heterocycles. The Morgan fingerprint density at radius 1 is 1.56 bits per heavy atom. The molecule has 4 heteroatoms. The molecule has 1 aliphatic rings. The number of hydrogen-bond donors (Lipinski definition) is 2. The molecule has 1 fully saturated rings. The summed E-state index contributed by atoms with van der Waals surface area (Å²) >= 11 is 0. The molecule has 1 aromatic rings. The van der Waals surface area contributed by atoms with Gasteiger partial charge in [0.25, 0.3) is 0 Å². The lowest BCUT2D eigenvalue weighted by Crippen LogP contribution is -2.60. The molecule has 98 valence electrons. The van der Waals surface area contributed by atoms with E-state index in [4.69, 9.17) is 0 Å². The lowest BCUT2D eigenvalue weighted by molar-refractivity contribution is -0.125. The molecule has 1 amide bonds. The number of carbonyl (C=O) groups excluding carboxylic acids is 1. The van der Waals surface area contributed by atoms with Crippen LogP contribution in [-0.4, -0.2) is 22.5 Å². The minimum Gasteiger partial charge on any atom is -0.350 e. The van der Waals surface area contributed by atoms with E-state index in [1.165, 1.54) is 5.56 Å². The molecular weight excluding hydrogens is 226 g/mol. The Kier molecular flexibility index (Phi) is 3.66. The normalized spacial score (nSPS) is 22.6. The van der Waals surface area contributed by atoms with Gasteiger partial charge in [-0.2, -0.15) is 0 Å². The van der Waals surface area contributed by atoms with Crippen molar-refractivity contribution in [2.75, 3.05) is 0 Å². The summed E-state index contributed by atoms with van der Waals surface area (Å²) in [6, 6.07) is 4.42. The summed E-state index contributed by atoms with van der Waals surface area (Å²) in [6.07, 6.45) is 3.33. The van der Waals surface area contributed by atoms with Crippen LogP contribution >= 0.6 is 0 Å². The molecule has 1 saturated heterocycles. The number of amides is 1. The van der Waals surface area contributed by atoms with Crippen molar-refractivity contribution in [2.24, 2.45) is 0 Å². The largest absolute Gasteiger partial charge is 0.350 e. The Morgan fingerprint density at radius 3 is 3.00 bits per heavy atom. The smallest absolute Gasteiger partial charge is 0.220 e. The molecule has 1 aliphatic heterocycles. The van der Waals surface area contributed by atoms with Gasteiger partial charge in [0.1, 0.15) is 0 Å². The first kappa shape index (κ1) is 13.0. The highest BCUT2D eigenvalue weighted by atomic mass is 16.1. The van der Waals surface area contributed by atoms with Gasteiger partial charge >= 0.3 is 0 Å². The summed E-state index contributed by atoms with van der Waals surface area (Å²) in [6.45, 7) is 6.95. The van der Waals surface area contributed by atoms with Crippen LogP contribution in [0.2, 0.25) is 0 Å². The van der Waals surface area contributed by atoms with Gasteiger partial charge in [-0.1, -0.05) is 0 Å². The maximum atomic E-state index is 11.4. The fourth-order valence-corrected chi connectivity index (χ4v) is 2.46. The van der Waals surface area contributed by atoms with E-state index in [-0.39, 0.29) is 11.4 Å². The van der Waals surface area contributed by atoms with Crippen LogP contribution in [0.15, 0.2) is 18.3 Å². The second kappa shape index (κ2) is 5.06. The first-order valence-electron chi connectivity index (χ1n) is 6.43. The molecule has 0 aliphatic carbocycles.